The van der Waals surface area contributed by atoms with Gasteiger partial charge in [0.05, 0.1) is 24.0 Å². The summed E-state index contributed by atoms with van der Waals surface area (Å²) in [5.41, 5.74) is -1.22. The summed E-state index contributed by atoms with van der Waals surface area (Å²) in [7, 11) is 0. The SMILES string of the molecule is CCCCNC(=O)C1N(CCCO)C(=O)[C@@H]2[C@H](C(=O)Nc3ccc(OCC)cc3)[C@]3(CC)CCC12O3. The number of benzene rings is 1. The Kier molecular flexibility index (Phi) is 7.90. The topological polar surface area (TPSA) is 117 Å². The van der Waals surface area contributed by atoms with Crippen molar-refractivity contribution in [2.24, 2.45) is 11.8 Å². The minimum Gasteiger partial charge on any atom is -0.494 e. The predicted octanol–water partition coefficient (Wildman–Crippen LogP) is 2.48. The highest BCUT2D eigenvalue weighted by atomic mass is 16.5. The largest absolute Gasteiger partial charge is 0.494 e. The lowest BCUT2D eigenvalue weighted by molar-refractivity contribution is -0.146. The van der Waals surface area contributed by atoms with Crippen molar-refractivity contribution in [3.05, 3.63) is 24.3 Å². The lowest BCUT2D eigenvalue weighted by Crippen LogP contribution is -2.55. The van der Waals surface area contributed by atoms with Crippen LogP contribution in [0.25, 0.3) is 0 Å². The van der Waals surface area contributed by atoms with Crippen molar-refractivity contribution in [3.63, 3.8) is 0 Å². The third kappa shape index (κ3) is 4.36. The van der Waals surface area contributed by atoms with E-state index in [1.165, 1.54) is 0 Å². The molecule has 3 amide bonds. The summed E-state index contributed by atoms with van der Waals surface area (Å²) in [6.45, 7) is 7.16. The second-order valence-electron chi connectivity index (χ2n) is 10.0. The molecule has 2 bridgehead atoms. The van der Waals surface area contributed by atoms with Gasteiger partial charge in [-0.15, -0.1) is 0 Å². The lowest BCUT2D eigenvalue weighted by atomic mass is 9.65. The monoisotopic (exact) mass is 501 g/mol. The maximum Gasteiger partial charge on any atom is 0.245 e. The fraction of sp³-hybridized carbons (Fsp3) is 0.667. The molecule has 36 heavy (non-hydrogen) atoms. The van der Waals surface area contributed by atoms with E-state index in [0.29, 0.717) is 50.3 Å². The molecular formula is C27H39N3O6. The molecule has 0 saturated carbocycles. The zero-order chi connectivity index (χ0) is 25.9. The minimum atomic E-state index is -1.04. The summed E-state index contributed by atoms with van der Waals surface area (Å²) >= 11 is 0. The Morgan fingerprint density at radius 3 is 2.53 bits per heavy atom. The number of nitrogens with one attached hydrogen (secondary N) is 2. The number of rotatable bonds is 12. The summed E-state index contributed by atoms with van der Waals surface area (Å²) in [5.74, 6) is -1.48. The van der Waals surface area contributed by atoms with Gasteiger partial charge < -0.3 is 30.1 Å². The molecule has 3 aliphatic heterocycles. The summed E-state index contributed by atoms with van der Waals surface area (Å²) in [5, 5.41) is 15.4. The van der Waals surface area contributed by atoms with Crippen LogP contribution >= 0.6 is 0 Å². The Hall–Kier alpha value is -2.65. The van der Waals surface area contributed by atoms with Gasteiger partial charge in [-0.25, -0.2) is 0 Å². The summed E-state index contributed by atoms with van der Waals surface area (Å²) in [6.07, 6.45) is 3.87. The molecule has 4 rings (SSSR count). The standard InChI is InChI=1S/C27H39N3O6/c1-4-7-15-28-24(33)22-27-14-13-26(5-2,36-27)20(21(27)25(34)30(22)16-8-17-31)23(32)29-18-9-11-19(12-10-18)35-6-3/h9-12,20-22,31H,4-8,13-17H2,1-3H3,(H,28,33)(H,29,32)/t20-,21+,22?,26+,27?/m1/s1. The molecule has 9 heteroatoms. The number of carbonyl (C=O) groups is 3. The smallest absolute Gasteiger partial charge is 0.245 e. The van der Waals surface area contributed by atoms with Crippen molar-refractivity contribution in [1.82, 2.24) is 10.2 Å². The van der Waals surface area contributed by atoms with Gasteiger partial charge in [-0.05, 0) is 63.3 Å². The van der Waals surface area contributed by atoms with Gasteiger partial charge in [-0.3, -0.25) is 14.4 Å². The molecule has 9 nitrogen and oxygen atoms in total. The van der Waals surface area contributed by atoms with Crippen molar-refractivity contribution in [1.29, 1.82) is 0 Å². The number of unbranched alkanes of at least 4 members (excludes halogenated alkanes) is 1. The van der Waals surface area contributed by atoms with E-state index in [9.17, 15) is 19.5 Å². The van der Waals surface area contributed by atoms with E-state index in [0.717, 1.165) is 12.8 Å². The van der Waals surface area contributed by atoms with E-state index in [2.05, 4.69) is 10.6 Å². The number of ether oxygens (including phenoxy) is 2. The first-order valence-corrected chi connectivity index (χ1v) is 13.3. The minimum absolute atomic E-state index is 0.0902. The Morgan fingerprint density at radius 1 is 1.14 bits per heavy atom. The molecule has 0 aromatic heterocycles. The van der Waals surface area contributed by atoms with E-state index in [-0.39, 0.29) is 30.9 Å². The van der Waals surface area contributed by atoms with E-state index in [4.69, 9.17) is 9.47 Å². The van der Waals surface area contributed by atoms with Crippen LogP contribution in [0, 0.1) is 11.8 Å². The molecule has 3 aliphatic rings. The second-order valence-corrected chi connectivity index (χ2v) is 10.0. The molecule has 3 fully saturated rings. The zero-order valence-corrected chi connectivity index (χ0v) is 21.5. The molecular weight excluding hydrogens is 462 g/mol. The van der Waals surface area contributed by atoms with Crippen LogP contribution in [0.15, 0.2) is 24.3 Å². The van der Waals surface area contributed by atoms with E-state index in [1.54, 1.807) is 29.2 Å². The number of amides is 3. The van der Waals surface area contributed by atoms with Gasteiger partial charge in [-0.2, -0.15) is 0 Å². The normalized spacial score (nSPS) is 30.4. The Labute approximate surface area is 212 Å². The molecule has 3 N–H and O–H groups in total. The molecule has 5 atom stereocenters. The number of hydrogen-bond acceptors (Lipinski definition) is 6. The van der Waals surface area contributed by atoms with Crippen molar-refractivity contribution in [3.8, 4) is 5.75 Å². The van der Waals surface area contributed by atoms with Gasteiger partial charge in [0.25, 0.3) is 0 Å². The first kappa shape index (κ1) is 26.4. The van der Waals surface area contributed by atoms with E-state index in [1.807, 2.05) is 20.8 Å². The number of nitrogens with zero attached hydrogens (tertiary/aromatic N) is 1. The molecule has 2 unspecified atom stereocenters. The van der Waals surface area contributed by atoms with Crippen LogP contribution in [0.3, 0.4) is 0 Å². The molecule has 1 aromatic rings. The van der Waals surface area contributed by atoms with Crippen molar-refractivity contribution >= 4 is 23.4 Å². The van der Waals surface area contributed by atoms with Crippen molar-refractivity contribution in [2.45, 2.75) is 76.5 Å². The molecule has 0 aliphatic carbocycles. The molecule has 1 spiro atoms. The van der Waals surface area contributed by atoms with Gasteiger partial charge in [0, 0.05) is 25.4 Å². The number of anilines is 1. The molecule has 1 aromatic carbocycles. The van der Waals surface area contributed by atoms with Gasteiger partial charge in [0.15, 0.2) is 0 Å². The summed E-state index contributed by atoms with van der Waals surface area (Å²) < 4.78 is 12.2. The molecule has 3 saturated heterocycles. The lowest BCUT2D eigenvalue weighted by Gasteiger charge is -2.34. The number of aliphatic hydroxyl groups excluding tert-OH is 1. The first-order chi connectivity index (χ1) is 17.4. The van der Waals surface area contributed by atoms with Crippen LogP contribution in [-0.4, -0.2) is 71.3 Å². The maximum absolute atomic E-state index is 13.9. The number of fused-ring (bicyclic) bond motifs is 1. The van der Waals surface area contributed by atoms with Crippen LogP contribution in [0.2, 0.25) is 0 Å². The van der Waals surface area contributed by atoms with E-state index < -0.39 is 29.1 Å². The maximum atomic E-state index is 13.9. The Bertz CT molecular complexity index is 969. The highest BCUT2D eigenvalue weighted by Crippen LogP contribution is 2.64. The first-order valence-electron chi connectivity index (χ1n) is 13.3. The number of hydrogen-bond donors (Lipinski definition) is 3. The fourth-order valence-corrected chi connectivity index (χ4v) is 6.40. The van der Waals surface area contributed by atoms with Gasteiger partial charge in [0.1, 0.15) is 17.4 Å². The third-order valence-electron chi connectivity index (χ3n) is 8.03. The van der Waals surface area contributed by atoms with Gasteiger partial charge >= 0.3 is 0 Å². The highest BCUT2D eigenvalue weighted by molar-refractivity contribution is 6.02. The van der Waals surface area contributed by atoms with E-state index >= 15 is 0 Å². The second kappa shape index (κ2) is 10.8. The summed E-state index contributed by atoms with van der Waals surface area (Å²) in [6, 6.07) is 6.33. The number of carbonyl (C=O) groups excluding carboxylic acids is 3. The van der Waals surface area contributed by atoms with Gasteiger partial charge in [0.2, 0.25) is 17.7 Å². The molecule has 0 radical (unpaired) electrons. The number of likely N-dealkylation sites (tertiary alicyclic amines) is 1. The molecule has 3 heterocycles. The Balaban J connectivity index is 1.64. The Morgan fingerprint density at radius 2 is 1.89 bits per heavy atom. The van der Waals surface area contributed by atoms with Crippen LogP contribution < -0.4 is 15.4 Å². The van der Waals surface area contributed by atoms with Crippen LogP contribution in [0.5, 0.6) is 5.75 Å². The van der Waals surface area contributed by atoms with Crippen LogP contribution in [0.1, 0.15) is 59.3 Å². The van der Waals surface area contributed by atoms with Crippen molar-refractivity contribution < 1.29 is 29.0 Å². The van der Waals surface area contributed by atoms with Gasteiger partial charge in [-0.1, -0.05) is 20.3 Å². The quantitative estimate of drug-likeness (QED) is 0.379. The average Bonchev–Trinajstić information content (AvgIpc) is 3.47. The zero-order valence-electron chi connectivity index (χ0n) is 21.5. The van der Waals surface area contributed by atoms with Crippen LogP contribution in [-0.2, 0) is 19.1 Å². The average molecular weight is 502 g/mol. The molecule has 198 valence electrons. The van der Waals surface area contributed by atoms with Crippen LogP contribution in [0.4, 0.5) is 5.69 Å². The van der Waals surface area contributed by atoms with Crippen molar-refractivity contribution in [2.75, 3.05) is 31.6 Å². The highest BCUT2D eigenvalue weighted by Gasteiger charge is 2.78. The predicted molar refractivity (Wildman–Crippen MR) is 134 cm³/mol. The number of aliphatic hydroxyl groups is 1. The third-order valence-corrected chi connectivity index (χ3v) is 8.03. The summed E-state index contributed by atoms with van der Waals surface area (Å²) in [4.78, 5) is 42.6. The fourth-order valence-electron chi connectivity index (χ4n) is 6.40.